The molecule has 0 aliphatic carbocycles. The highest BCUT2D eigenvalue weighted by molar-refractivity contribution is 5.47. The minimum Gasteiger partial charge on any atom is -0.507 e. The molecule has 0 aromatic heterocycles. The SMILES string of the molecule is Cc1cc(O)c([C@@H](N)CO)c(O)c1. The number of benzene rings is 1. The topological polar surface area (TPSA) is 86.7 Å². The standard InChI is InChI=1S/C9H13NO3/c1-5-2-7(12)9(6(10)4-11)8(13)3-5/h2-3,6,11-13H,4,10H2,1H3/t6-/m0/s1. The monoisotopic (exact) mass is 183 g/mol. The van der Waals surface area contributed by atoms with Gasteiger partial charge in [0.2, 0.25) is 0 Å². The normalized spacial score (nSPS) is 12.8. The molecule has 72 valence electrons. The minimum absolute atomic E-state index is 0.0842. The van der Waals surface area contributed by atoms with Crippen molar-refractivity contribution in [1.82, 2.24) is 0 Å². The second-order valence-corrected chi connectivity index (χ2v) is 3.01. The first kappa shape index (κ1) is 9.83. The number of aliphatic hydroxyl groups is 1. The zero-order chi connectivity index (χ0) is 10.0. The molecule has 1 aromatic carbocycles. The molecular formula is C9H13NO3. The van der Waals surface area contributed by atoms with Gasteiger partial charge in [0.25, 0.3) is 0 Å². The van der Waals surface area contributed by atoms with Gasteiger partial charge in [-0.05, 0) is 24.6 Å². The van der Waals surface area contributed by atoms with Gasteiger partial charge in [-0.25, -0.2) is 0 Å². The maximum Gasteiger partial charge on any atom is 0.124 e. The molecule has 0 bridgehead atoms. The Morgan fingerprint density at radius 1 is 1.31 bits per heavy atom. The molecule has 0 saturated heterocycles. The van der Waals surface area contributed by atoms with Crippen molar-refractivity contribution in [2.45, 2.75) is 13.0 Å². The first-order valence-electron chi connectivity index (χ1n) is 3.95. The van der Waals surface area contributed by atoms with E-state index in [9.17, 15) is 10.2 Å². The average molecular weight is 183 g/mol. The first-order valence-corrected chi connectivity index (χ1v) is 3.95. The van der Waals surface area contributed by atoms with Crippen LogP contribution in [-0.2, 0) is 0 Å². The largest absolute Gasteiger partial charge is 0.507 e. The number of nitrogens with two attached hydrogens (primary N) is 1. The van der Waals surface area contributed by atoms with E-state index >= 15 is 0 Å². The van der Waals surface area contributed by atoms with Crippen LogP contribution in [-0.4, -0.2) is 21.9 Å². The first-order chi connectivity index (χ1) is 6.06. The predicted octanol–water partition coefficient (Wildman–Crippen LogP) is 0.398. The summed E-state index contributed by atoms with van der Waals surface area (Å²) in [5.74, 6) is -0.168. The van der Waals surface area contributed by atoms with E-state index in [1.165, 1.54) is 12.1 Å². The molecule has 0 radical (unpaired) electrons. The summed E-state index contributed by atoms with van der Waals surface area (Å²) in [7, 11) is 0. The lowest BCUT2D eigenvalue weighted by molar-refractivity contribution is 0.262. The van der Waals surface area contributed by atoms with Gasteiger partial charge in [-0.15, -0.1) is 0 Å². The highest BCUT2D eigenvalue weighted by Crippen LogP contribution is 2.32. The van der Waals surface area contributed by atoms with Crippen LogP contribution in [0.3, 0.4) is 0 Å². The third-order valence-corrected chi connectivity index (χ3v) is 1.85. The fourth-order valence-electron chi connectivity index (χ4n) is 1.23. The van der Waals surface area contributed by atoms with Gasteiger partial charge in [0, 0.05) is 0 Å². The summed E-state index contributed by atoms with van der Waals surface area (Å²) in [6, 6.07) is 2.23. The molecule has 13 heavy (non-hydrogen) atoms. The molecule has 1 atom stereocenters. The van der Waals surface area contributed by atoms with Crippen LogP contribution in [0.25, 0.3) is 0 Å². The van der Waals surface area contributed by atoms with Crippen molar-refractivity contribution in [1.29, 1.82) is 0 Å². The van der Waals surface area contributed by atoms with E-state index in [1.807, 2.05) is 0 Å². The smallest absolute Gasteiger partial charge is 0.124 e. The lowest BCUT2D eigenvalue weighted by Crippen LogP contribution is -2.14. The summed E-state index contributed by atoms with van der Waals surface area (Å²) >= 11 is 0. The van der Waals surface area contributed by atoms with Gasteiger partial charge in [-0.3, -0.25) is 0 Å². The van der Waals surface area contributed by atoms with Crippen LogP contribution >= 0.6 is 0 Å². The molecule has 0 aliphatic heterocycles. The number of aliphatic hydroxyl groups excluding tert-OH is 1. The van der Waals surface area contributed by atoms with Crippen LogP contribution in [0.5, 0.6) is 11.5 Å². The van der Waals surface area contributed by atoms with Crippen molar-refractivity contribution >= 4 is 0 Å². The third kappa shape index (κ3) is 1.91. The van der Waals surface area contributed by atoms with E-state index < -0.39 is 6.04 Å². The van der Waals surface area contributed by atoms with Crippen molar-refractivity contribution in [3.8, 4) is 11.5 Å². The Bertz CT molecular complexity index is 289. The van der Waals surface area contributed by atoms with Gasteiger partial charge in [-0.2, -0.15) is 0 Å². The number of phenols is 2. The zero-order valence-electron chi connectivity index (χ0n) is 7.36. The van der Waals surface area contributed by atoms with Crippen molar-refractivity contribution in [3.63, 3.8) is 0 Å². The summed E-state index contributed by atoms with van der Waals surface area (Å²) in [5, 5.41) is 27.6. The van der Waals surface area contributed by atoms with Gasteiger partial charge in [0.1, 0.15) is 11.5 Å². The maximum atomic E-state index is 9.42. The molecule has 0 fully saturated rings. The second kappa shape index (κ2) is 3.64. The Morgan fingerprint density at radius 3 is 2.15 bits per heavy atom. The van der Waals surface area contributed by atoms with E-state index in [-0.39, 0.29) is 23.7 Å². The molecular weight excluding hydrogens is 170 g/mol. The highest BCUT2D eigenvalue weighted by Gasteiger charge is 2.15. The molecule has 4 nitrogen and oxygen atoms in total. The second-order valence-electron chi connectivity index (χ2n) is 3.01. The number of rotatable bonds is 2. The fraction of sp³-hybridized carbons (Fsp3) is 0.333. The van der Waals surface area contributed by atoms with Gasteiger partial charge in [0.05, 0.1) is 18.2 Å². The van der Waals surface area contributed by atoms with E-state index in [0.717, 1.165) is 5.56 Å². The van der Waals surface area contributed by atoms with Crippen LogP contribution < -0.4 is 5.73 Å². The Balaban J connectivity index is 3.20. The van der Waals surface area contributed by atoms with E-state index in [4.69, 9.17) is 10.8 Å². The van der Waals surface area contributed by atoms with E-state index in [2.05, 4.69) is 0 Å². The Morgan fingerprint density at radius 2 is 1.77 bits per heavy atom. The highest BCUT2D eigenvalue weighted by atomic mass is 16.3. The zero-order valence-corrected chi connectivity index (χ0v) is 7.36. The number of aryl methyl sites for hydroxylation is 1. The molecule has 0 aliphatic rings. The van der Waals surface area contributed by atoms with Gasteiger partial charge in [-0.1, -0.05) is 0 Å². The number of phenolic OH excluding ortho intramolecular Hbond substituents is 2. The van der Waals surface area contributed by atoms with Gasteiger partial charge < -0.3 is 21.1 Å². The molecule has 0 heterocycles. The number of hydrogen-bond acceptors (Lipinski definition) is 4. The van der Waals surface area contributed by atoms with E-state index in [0.29, 0.717) is 0 Å². The maximum absolute atomic E-state index is 9.42. The predicted molar refractivity (Wildman–Crippen MR) is 48.5 cm³/mol. The molecule has 1 rings (SSSR count). The molecule has 1 aromatic rings. The Kier molecular flexibility index (Phi) is 2.75. The van der Waals surface area contributed by atoms with Crippen molar-refractivity contribution < 1.29 is 15.3 Å². The molecule has 0 spiro atoms. The van der Waals surface area contributed by atoms with Gasteiger partial charge in [0.15, 0.2) is 0 Å². The number of aromatic hydroxyl groups is 2. The molecule has 0 amide bonds. The van der Waals surface area contributed by atoms with Gasteiger partial charge >= 0.3 is 0 Å². The molecule has 4 heteroatoms. The van der Waals surface area contributed by atoms with Crippen LogP contribution in [0.4, 0.5) is 0 Å². The van der Waals surface area contributed by atoms with Crippen molar-refractivity contribution in [3.05, 3.63) is 23.3 Å². The Labute approximate surface area is 76.2 Å². The third-order valence-electron chi connectivity index (χ3n) is 1.85. The van der Waals surface area contributed by atoms with Crippen LogP contribution in [0, 0.1) is 6.92 Å². The number of hydrogen-bond donors (Lipinski definition) is 4. The average Bonchev–Trinajstić information content (AvgIpc) is 2.02. The van der Waals surface area contributed by atoms with Crippen LogP contribution in [0.15, 0.2) is 12.1 Å². The summed E-state index contributed by atoms with van der Waals surface area (Å²) < 4.78 is 0. The fourth-order valence-corrected chi connectivity index (χ4v) is 1.23. The summed E-state index contributed by atoms with van der Waals surface area (Å²) in [5.41, 5.74) is 6.40. The van der Waals surface area contributed by atoms with E-state index in [1.54, 1.807) is 6.92 Å². The summed E-state index contributed by atoms with van der Waals surface area (Å²) in [6.45, 7) is 1.43. The molecule has 5 N–H and O–H groups in total. The minimum atomic E-state index is -0.749. The van der Waals surface area contributed by atoms with Crippen molar-refractivity contribution in [2.24, 2.45) is 5.73 Å². The van der Waals surface area contributed by atoms with Crippen molar-refractivity contribution in [2.75, 3.05) is 6.61 Å². The van der Waals surface area contributed by atoms with Crippen LogP contribution in [0.2, 0.25) is 0 Å². The lowest BCUT2D eigenvalue weighted by atomic mass is 10.0. The summed E-state index contributed by atoms with van der Waals surface area (Å²) in [6.07, 6.45) is 0. The molecule has 0 saturated carbocycles. The lowest BCUT2D eigenvalue weighted by Gasteiger charge is -2.13. The van der Waals surface area contributed by atoms with Crippen LogP contribution in [0.1, 0.15) is 17.2 Å². The summed E-state index contributed by atoms with van der Waals surface area (Å²) in [4.78, 5) is 0. The Hall–Kier alpha value is -1.26. The molecule has 0 unspecified atom stereocenters. The quantitative estimate of drug-likeness (QED) is 0.534.